The second kappa shape index (κ2) is 1.39. The fraction of sp³-hybridized carbons (Fsp3) is 0.889. The fourth-order valence-corrected chi connectivity index (χ4v) is 3.50. The Balaban J connectivity index is 1.92. The van der Waals surface area contributed by atoms with E-state index in [1.807, 2.05) is 0 Å². The zero-order valence-electron chi connectivity index (χ0n) is 5.96. The molecule has 0 heterocycles. The second-order valence-corrected chi connectivity index (χ2v) is 4.14. The maximum absolute atomic E-state index is 8.73. The van der Waals surface area contributed by atoms with Crippen LogP contribution in [0.4, 0.5) is 0 Å². The summed E-state index contributed by atoms with van der Waals surface area (Å²) < 4.78 is 0. The van der Waals surface area contributed by atoms with Gasteiger partial charge in [0.05, 0.1) is 12.0 Å². The van der Waals surface area contributed by atoms with E-state index in [0.29, 0.717) is 5.92 Å². The number of nitriles is 1. The van der Waals surface area contributed by atoms with Gasteiger partial charge in [-0.05, 0) is 42.9 Å². The van der Waals surface area contributed by atoms with Crippen molar-refractivity contribution >= 4 is 0 Å². The molecular formula is C9H11N. The molecule has 1 heteroatoms. The van der Waals surface area contributed by atoms with E-state index >= 15 is 0 Å². The second-order valence-electron chi connectivity index (χ2n) is 4.14. The molecule has 0 aromatic heterocycles. The third kappa shape index (κ3) is 0.389. The van der Waals surface area contributed by atoms with Crippen LogP contribution in [0.2, 0.25) is 0 Å². The summed E-state index contributed by atoms with van der Waals surface area (Å²) in [6.07, 6.45) is 4.33. The van der Waals surface area contributed by atoms with Gasteiger partial charge < -0.3 is 0 Å². The molecule has 3 rings (SSSR count). The van der Waals surface area contributed by atoms with Crippen LogP contribution in [-0.4, -0.2) is 0 Å². The number of hydrogen-bond donors (Lipinski definition) is 0. The Morgan fingerprint density at radius 3 is 2.20 bits per heavy atom. The van der Waals surface area contributed by atoms with Gasteiger partial charge in [0.15, 0.2) is 0 Å². The molecule has 0 amide bonds. The van der Waals surface area contributed by atoms with Crippen LogP contribution in [0.15, 0.2) is 0 Å². The van der Waals surface area contributed by atoms with Crippen molar-refractivity contribution in [3.8, 4) is 6.07 Å². The number of nitrogens with zero attached hydrogens (tertiary/aromatic N) is 1. The van der Waals surface area contributed by atoms with Gasteiger partial charge in [-0.15, -0.1) is 0 Å². The lowest BCUT2D eigenvalue weighted by molar-refractivity contribution is 0.456. The molecule has 10 heavy (non-hydrogen) atoms. The van der Waals surface area contributed by atoms with Crippen molar-refractivity contribution in [3.63, 3.8) is 0 Å². The lowest BCUT2D eigenvalue weighted by Gasteiger charge is -2.03. The van der Waals surface area contributed by atoms with Gasteiger partial charge in [-0.25, -0.2) is 0 Å². The highest BCUT2D eigenvalue weighted by molar-refractivity contribution is 5.19. The molecule has 52 valence electrons. The molecule has 0 spiro atoms. The molecule has 0 aromatic rings. The highest BCUT2D eigenvalue weighted by atomic mass is 14.7. The summed E-state index contributed by atoms with van der Waals surface area (Å²) in [5.74, 6) is 4.16. The molecule has 3 aliphatic carbocycles. The minimum absolute atomic E-state index is 0.492. The average molecular weight is 133 g/mol. The van der Waals surface area contributed by atoms with Crippen molar-refractivity contribution < 1.29 is 0 Å². The van der Waals surface area contributed by atoms with Crippen LogP contribution in [0.1, 0.15) is 19.3 Å². The zero-order chi connectivity index (χ0) is 6.72. The van der Waals surface area contributed by atoms with Crippen molar-refractivity contribution in [2.75, 3.05) is 0 Å². The smallest absolute Gasteiger partial charge is 0.0662 e. The Kier molecular flexibility index (Phi) is 0.722. The van der Waals surface area contributed by atoms with Crippen LogP contribution >= 0.6 is 0 Å². The average Bonchev–Trinajstić information content (AvgIpc) is 2.36. The van der Waals surface area contributed by atoms with Gasteiger partial charge >= 0.3 is 0 Å². The molecule has 3 fully saturated rings. The number of fused-ring (bicyclic) bond motifs is 5. The highest BCUT2D eigenvalue weighted by Gasteiger charge is 2.65. The maximum Gasteiger partial charge on any atom is 0.0662 e. The Morgan fingerprint density at radius 2 is 1.70 bits per heavy atom. The molecule has 3 aliphatic rings. The lowest BCUT2D eigenvalue weighted by atomic mass is 10.0. The predicted octanol–water partition coefficient (Wildman–Crippen LogP) is 1.80. The van der Waals surface area contributed by atoms with Gasteiger partial charge in [-0.1, -0.05) is 0 Å². The van der Waals surface area contributed by atoms with Crippen molar-refractivity contribution in [2.24, 2.45) is 29.6 Å². The topological polar surface area (TPSA) is 23.8 Å². The largest absolute Gasteiger partial charge is 0.198 e. The van der Waals surface area contributed by atoms with E-state index in [4.69, 9.17) is 5.26 Å². The van der Waals surface area contributed by atoms with E-state index in [0.717, 1.165) is 23.7 Å². The van der Waals surface area contributed by atoms with Crippen molar-refractivity contribution in [1.29, 1.82) is 5.26 Å². The summed E-state index contributed by atoms with van der Waals surface area (Å²) >= 11 is 0. The molecule has 0 saturated heterocycles. The van der Waals surface area contributed by atoms with E-state index in [9.17, 15) is 0 Å². The van der Waals surface area contributed by atoms with E-state index in [1.54, 1.807) is 0 Å². The molecule has 4 atom stereocenters. The SMILES string of the molecule is N#CC1C2C3CCC(C3)C12. The normalized spacial score (nSPS) is 61.7. The molecule has 0 radical (unpaired) electrons. The van der Waals surface area contributed by atoms with Crippen LogP contribution in [0, 0.1) is 40.9 Å². The summed E-state index contributed by atoms with van der Waals surface area (Å²) in [7, 11) is 0. The van der Waals surface area contributed by atoms with E-state index < -0.39 is 0 Å². The molecule has 0 aliphatic heterocycles. The quantitative estimate of drug-likeness (QED) is 0.494. The minimum atomic E-state index is 0.492. The summed E-state index contributed by atoms with van der Waals surface area (Å²) in [4.78, 5) is 0. The molecule has 2 bridgehead atoms. The van der Waals surface area contributed by atoms with Gasteiger partial charge in [0, 0.05) is 0 Å². The Labute approximate surface area is 61.0 Å². The number of hydrogen-bond acceptors (Lipinski definition) is 1. The minimum Gasteiger partial charge on any atom is -0.198 e. The summed E-state index contributed by atoms with van der Waals surface area (Å²) in [6.45, 7) is 0. The molecule has 0 N–H and O–H groups in total. The van der Waals surface area contributed by atoms with Crippen LogP contribution in [0.5, 0.6) is 0 Å². The first kappa shape index (κ1) is 5.18. The van der Waals surface area contributed by atoms with Gasteiger partial charge in [-0.3, -0.25) is 0 Å². The van der Waals surface area contributed by atoms with Crippen LogP contribution in [0.3, 0.4) is 0 Å². The lowest BCUT2D eigenvalue weighted by Crippen LogP contribution is -1.95. The Hall–Kier alpha value is -0.510. The van der Waals surface area contributed by atoms with Gasteiger partial charge in [0.1, 0.15) is 0 Å². The summed E-state index contributed by atoms with van der Waals surface area (Å²) in [6, 6.07) is 2.44. The third-order valence-corrected chi connectivity index (χ3v) is 3.88. The first-order valence-corrected chi connectivity index (χ1v) is 4.31. The summed E-state index contributed by atoms with van der Waals surface area (Å²) in [5.41, 5.74) is 0. The van der Waals surface area contributed by atoms with E-state index in [-0.39, 0.29) is 0 Å². The van der Waals surface area contributed by atoms with Gasteiger partial charge in [0.2, 0.25) is 0 Å². The zero-order valence-corrected chi connectivity index (χ0v) is 5.96. The summed E-state index contributed by atoms with van der Waals surface area (Å²) in [5, 5.41) is 8.73. The van der Waals surface area contributed by atoms with Crippen LogP contribution in [0.25, 0.3) is 0 Å². The maximum atomic E-state index is 8.73. The molecule has 4 unspecified atom stereocenters. The third-order valence-electron chi connectivity index (χ3n) is 3.88. The fourth-order valence-electron chi connectivity index (χ4n) is 3.50. The van der Waals surface area contributed by atoms with Gasteiger partial charge in [0.25, 0.3) is 0 Å². The van der Waals surface area contributed by atoms with Crippen molar-refractivity contribution in [2.45, 2.75) is 19.3 Å². The van der Waals surface area contributed by atoms with Crippen LogP contribution < -0.4 is 0 Å². The first-order valence-electron chi connectivity index (χ1n) is 4.31. The standard InChI is InChI=1S/C9H11N/c10-4-7-8-5-1-2-6(3-5)9(7)8/h5-9H,1-3H2. The molecule has 1 nitrogen and oxygen atoms in total. The van der Waals surface area contributed by atoms with Crippen molar-refractivity contribution in [1.82, 2.24) is 0 Å². The highest BCUT2D eigenvalue weighted by Crippen LogP contribution is 2.68. The van der Waals surface area contributed by atoms with Gasteiger partial charge in [-0.2, -0.15) is 5.26 Å². The van der Waals surface area contributed by atoms with Crippen LogP contribution in [-0.2, 0) is 0 Å². The molecular weight excluding hydrogens is 122 g/mol. The number of rotatable bonds is 0. The van der Waals surface area contributed by atoms with Crippen molar-refractivity contribution in [3.05, 3.63) is 0 Å². The van der Waals surface area contributed by atoms with E-state index in [2.05, 4.69) is 6.07 Å². The van der Waals surface area contributed by atoms with E-state index in [1.165, 1.54) is 19.3 Å². The first-order chi connectivity index (χ1) is 4.92. The Morgan fingerprint density at radius 1 is 1.10 bits per heavy atom. The Bertz CT molecular complexity index is 199. The monoisotopic (exact) mass is 133 g/mol. The molecule has 3 saturated carbocycles. The predicted molar refractivity (Wildman–Crippen MR) is 36.9 cm³/mol. The molecule has 0 aromatic carbocycles.